The number of esters is 1. The van der Waals surface area contributed by atoms with E-state index in [0.29, 0.717) is 34.8 Å². The summed E-state index contributed by atoms with van der Waals surface area (Å²) in [5, 5.41) is 3.16. The molecule has 0 aliphatic carbocycles. The number of hydrogen-bond acceptors (Lipinski definition) is 6. The summed E-state index contributed by atoms with van der Waals surface area (Å²) in [5.41, 5.74) is 1.92. The summed E-state index contributed by atoms with van der Waals surface area (Å²) in [6.07, 6.45) is 0.187. The van der Waals surface area contributed by atoms with Crippen LogP contribution in [0.25, 0.3) is 10.9 Å². The molecule has 0 atom stereocenters. The minimum atomic E-state index is -0.560. The molecule has 1 aromatic heterocycles. The van der Waals surface area contributed by atoms with Crippen LogP contribution >= 0.6 is 0 Å². The van der Waals surface area contributed by atoms with Gasteiger partial charge in [-0.1, -0.05) is 42.5 Å². The average molecular weight is 457 g/mol. The number of aromatic nitrogens is 2. The lowest BCUT2D eigenvalue weighted by Gasteiger charge is -2.09. The minimum Gasteiger partial charge on any atom is -0.489 e. The number of hydrogen-bond donors (Lipinski definition) is 2. The number of rotatable bonds is 9. The molecule has 0 radical (unpaired) electrons. The second kappa shape index (κ2) is 10.9. The van der Waals surface area contributed by atoms with Gasteiger partial charge in [0.25, 0.3) is 11.5 Å². The normalized spacial score (nSPS) is 10.6. The van der Waals surface area contributed by atoms with Crippen molar-refractivity contribution in [1.29, 1.82) is 0 Å². The molecule has 0 aliphatic rings. The number of ether oxygens (including phenoxy) is 2. The number of nitrogens with one attached hydrogen (secondary N) is 2. The zero-order chi connectivity index (χ0) is 23.8. The molecule has 1 heterocycles. The van der Waals surface area contributed by atoms with Crippen LogP contribution in [0.4, 0.5) is 5.69 Å². The van der Waals surface area contributed by atoms with Gasteiger partial charge in [-0.05, 0) is 42.0 Å². The van der Waals surface area contributed by atoms with E-state index in [4.69, 9.17) is 9.47 Å². The first-order valence-electron chi connectivity index (χ1n) is 10.8. The fourth-order valence-electron chi connectivity index (χ4n) is 3.26. The van der Waals surface area contributed by atoms with Crippen molar-refractivity contribution < 1.29 is 19.1 Å². The molecule has 0 saturated heterocycles. The molecule has 0 aliphatic heterocycles. The zero-order valence-electron chi connectivity index (χ0n) is 18.3. The van der Waals surface area contributed by atoms with Gasteiger partial charge >= 0.3 is 5.97 Å². The lowest BCUT2D eigenvalue weighted by molar-refractivity contribution is -0.147. The Morgan fingerprint density at radius 3 is 2.44 bits per heavy atom. The van der Waals surface area contributed by atoms with Gasteiger partial charge in [-0.15, -0.1) is 0 Å². The van der Waals surface area contributed by atoms with Crippen molar-refractivity contribution in [3.63, 3.8) is 0 Å². The number of fused-ring (bicyclic) bond motifs is 1. The van der Waals surface area contributed by atoms with E-state index in [0.717, 1.165) is 5.56 Å². The fraction of sp³-hybridized carbons (Fsp3) is 0.154. The smallest absolute Gasteiger partial charge is 0.306 e. The molecule has 3 aromatic carbocycles. The Morgan fingerprint density at radius 1 is 0.912 bits per heavy atom. The summed E-state index contributed by atoms with van der Waals surface area (Å²) >= 11 is 0. The topological polar surface area (TPSA) is 110 Å². The maximum atomic E-state index is 12.1. The van der Waals surface area contributed by atoms with Crippen LogP contribution < -0.4 is 15.6 Å². The molecule has 1 amide bonds. The Bertz CT molecular complexity index is 1330. The Kier molecular flexibility index (Phi) is 7.29. The Hall–Kier alpha value is -4.46. The molecule has 4 aromatic rings. The van der Waals surface area contributed by atoms with Crippen LogP contribution in [0.2, 0.25) is 0 Å². The molecule has 0 saturated carbocycles. The standard InChI is InChI=1S/C26H23N3O5/c30-24(27-19-10-12-20(13-11-19)33-16-18-6-2-1-3-7-18)17-34-25(31)15-14-23-28-22-9-5-4-8-21(22)26(32)29-23/h1-13H,14-17H2,(H,27,30)(H,28,29,32). The number of nitrogens with zero attached hydrogens (tertiary/aromatic N) is 1. The first-order valence-corrected chi connectivity index (χ1v) is 10.8. The Balaban J connectivity index is 1.20. The largest absolute Gasteiger partial charge is 0.489 e. The highest BCUT2D eigenvalue weighted by Gasteiger charge is 2.10. The predicted octanol–water partition coefficient (Wildman–Crippen LogP) is 3.62. The number of para-hydroxylation sites is 1. The van der Waals surface area contributed by atoms with Gasteiger partial charge < -0.3 is 19.8 Å². The molecule has 0 spiro atoms. The number of aryl methyl sites for hydroxylation is 1. The second-order valence-corrected chi connectivity index (χ2v) is 7.54. The number of benzene rings is 3. The first-order chi connectivity index (χ1) is 16.6. The van der Waals surface area contributed by atoms with Crippen LogP contribution in [0.5, 0.6) is 5.75 Å². The highest BCUT2D eigenvalue weighted by Crippen LogP contribution is 2.17. The van der Waals surface area contributed by atoms with E-state index >= 15 is 0 Å². The van der Waals surface area contributed by atoms with E-state index in [1.807, 2.05) is 30.3 Å². The van der Waals surface area contributed by atoms with Crippen molar-refractivity contribution in [3.8, 4) is 5.75 Å². The SMILES string of the molecule is O=C(COC(=O)CCc1nc2ccccc2c(=O)[nH]1)Nc1ccc(OCc2ccccc2)cc1. The van der Waals surface area contributed by atoms with Gasteiger partial charge in [-0.25, -0.2) is 4.98 Å². The third kappa shape index (κ3) is 6.29. The van der Waals surface area contributed by atoms with Gasteiger partial charge in [-0.3, -0.25) is 14.4 Å². The van der Waals surface area contributed by atoms with E-state index in [1.165, 1.54) is 0 Å². The van der Waals surface area contributed by atoms with Crippen LogP contribution in [0.3, 0.4) is 0 Å². The van der Waals surface area contributed by atoms with Crippen molar-refractivity contribution in [2.24, 2.45) is 0 Å². The van der Waals surface area contributed by atoms with Crippen LogP contribution in [0, 0.1) is 0 Å². The van der Waals surface area contributed by atoms with E-state index in [2.05, 4.69) is 15.3 Å². The number of carbonyl (C=O) groups excluding carboxylic acids is 2. The zero-order valence-corrected chi connectivity index (χ0v) is 18.3. The number of amides is 1. The molecule has 0 bridgehead atoms. The van der Waals surface area contributed by atoms with Gasteiger partial charge in [0.1, 0.15) is 18.2 Å². The minimum absolute atomic E-state index is 0.0119. The van der Waals surface area contributed by atoms with E-state index < -0.39 is 18.5 Å². The number of anilines is 1. The molecule has 8 heteroatoms. The molecule has 0 fully saturated rings. The van der Waals surface area contributed by atoms with Crippen molar-refractivity contribution in [2.75, 3.05) is 11.9 Å². The van der Waals surface area contributed by atoms with E-state index in [9.17, 15) is 14.4 Å². The summed E-state index contributed by atoms with van der Waals surface area (Å²) in [6.45, 7) is 0.0396. The first kappa shape index (κ1) is 22.7. The third-order valence-electron chi connectivity index (χ3n) is 4.98. The summed E-state index contributed by atoms with van der Waals surface area (Å²) < 4.78 is 10.7. The van der Waals surface area contributed by atoms with Crippen molar-refractivity contribution in [1.82, 2.24) is 9.97 Å². The Morgan fingerprint density at radius 2 is 1.65 bits per heavy atom. The maximum absolute atomic E-state index is 12.1. The van der Waals surface area contributed by atoms with E-state index in [1.54, 1.807) is 48.5 Å². The summed E-state index contributed by atoms with van der Waals surface area (Å²) in [4.78, 5) is 43.2. The summed E-state index contributed by atoms with van der Waals surface area (Å²) in [5.74, 6) is 0.0486. The summed E-state index contributed by atoms with van der Waals surface area (Å²) in [7, 11) is 0. The van der Waals surface area contributed by atoms with Gasteiger partial charge in [-0.2, -0.15) is 0 Å². The molecular formula is C26H23N3O5. The number of aromatic amines is 1. The van der Waals surface area contributed by atoms with Crippen LogP contribution in [0.15, 0.2) is 83.7 Å². The molecule has 8 nitrogen and oxygen atoms in total. The highest BCUT2D eigenvalue weighted by molar-refractivity contribution is 5.92. The van der Waals surface area contributed by atoms with E-state index in [-0.39, 0.29) is 18.4 Å². The lowest BCUT2D eigenvalue weighted by Crippen LogP contribution is -2.21. The maximum Gasteiger partial charge on any atom is 0.306 e. The monoisotopic (exact) mass is 457 g/mol. The predicted molar refractivity (Wildman–Crippen MR) is 127 cm³/mol. The molecular weight excluding hydrogens is 434 g/mol. The quantitative estimate of drug-likeness (QED) is 0.372. The second-order valence-electron chi connectivity index (χ2n) is 7.54. The summed E-state index contributed by atoms with van der Waals surface area (Å²) in [6, 6.07) is 23.7. The molecule has 34 heavy (non-hydrogen) atoms. The van der Waals surface area contributed by atoms with Crippen molar-refractivity contribution >= 4 is 28.5 Å². The van der Waals surface area contributed by atoms with Crippen molar-refractivity contribution in [3.05, 3.63) is 101 Å². The fourth-order valence-corrected chi connectivity index (χ4v) is 3.26. The van der Waals surface area contributed by atoms with Crippen LogP contribution in [0.1, 0.15) is 17.8 Å². The van der Waals surface area contributed by atoms with Gasteiger partial charge in [0.05, 0.1) is 17.3 Å². The highest BCUT2D eigenvalue weighted by atomic mass is 16.5. The van der Waals surface area contributed by atoms with Gasteiger partial charge in [0, 0.05) is 12.1 Å². The van der Waals surface area contributed by atoms with Crippen molar-refractivity contribution in [2.45, 2.75) is 19.4 Å². The third-order valence-corrected chi connectivity index (χ3v) is 4.98. The van der Waals surface area contributed by atoms with Gasteiger partial charge in [0.2, 0.25) is 0 Å². The lowest BCUT2D eigenvalue weighted by atomic mass is 10.2. The molecule has 2 N–H and O–H groups in total. The number of H-pyrrole nitrogens is 1. The molecule has 172 valence electrons. The van der Waals surface area contributed by atoms with Gasteiger partial charge in [0.15, 0.2) is 6.61 Å². The average Bonchev–Trinajstić information content (AvgIpc) is 2.86. The Labute approximate surface area is 195 Å². The molecule has 0 unspecified atom stereocenters. The van der Waals surface area contributed by atoms with Crippen LogP contribution in [-0.2, 0) is 27.4 Å². The van der Waals surface area contributed by atoms with Crippen LogP contribution in [-0.4, -0.2) is 28.5 Å². The number of carbonyl (C=O) groups is 2. The molecule has 4 rings (SSSR count).